The maximum absolute atomic E-state index is 2.54. The van der Waals surface area contributed by atoms with E-state index < -0.39 is 0 Å². The molecule has 4 atom stereocenters. The van der Waals surface area contributed by atoms with Gasteiger partial charge in [0.15, 0.2) is 0 Å². The quantitative estimate of drug-likeness (QED) is 0.429. The highest BCUT2D eigenvalue weighted by Crippen LogP contribution is 2.41. The van der Waals surface area contributed by atoms with E-state index in [1.54, 1.807) is 0 Å². The van der Waals surface area contributed by atoms with E-state index in [9.17, 15) is 0 Å². The Morgan fingerprint density at radius 1 is 1.22 bits per heavy atom. The predicted molar refractivity (Wildman–Crippen MR) is 34.8 cm³/mol. The van der Waals surface area contributed by atoms with Gasteiger partial charge in [-0.15, -0.1) is 0 Å². The first-order valence-corrected chi connectivity index (χ1v) is 3.96. The summed E-state index contributed by atoms with van der Waals surface area (Å²) < 4.78 is 0. The maximum Gasteiger partial charge on any atom is 0.0429 e. The van der Waals surface area contributed by atoms with E-state index in [4.69, 9.17) is 0 Å². The lowest BCUT2D eigenvalue weighted by Gasteiger charge is -2.24. The summed E-state index contributed by atoms with van der Waals surface area (Å²) in [4.78, 5) is 0. The topological polar surface area (TPSA) is 6.25 Å². The number of hydrogen-bond donors (Lipinski definition) is 0. The lowest BCUT2D eigenvalue weighted by atomic mass is 9.97. The minimum atomic E-state index is 0.993. The van der Waals surface area contributed by atoms with Crippen LogP contribution in [0.1, 0.15) is 12.8 Å². The Kier molecular flexibility index (Phi) is 0.691. The van der Waals surface area contributed by atoms with Crippen LogP contribution < -0.4 is 0 Å². The average molecular weight is 124 g/mol. The zero-order chi connectivity index (χ0) is 5.84. The summed E-state index contributed by atoms with van der Waals surface area (Å²) in [6.45, 7) is 4.10. The van der Waals surface area contributed by atoms with E-state index in [-0.39, 0.29) is 0 Å². The monoisotopic (exact) mass is 124 g/mol. The summed E-state index contributed by atoms with van der Waals surface area (Å²) in [6.07, 6.45) is 2.94. The molecule has 9 heavy (non-hydrogen) atoms. The van der Waals surface area contributed by atoms with E-state index in [0.29, 0.717) is 0 Å². The van der Waals surface area contributed by atoms with Crippen molar-refractivity contribution >= 4 is 0 Å². The van der Waals surface area contributed by atoms with Crippen LogP contribution in [0.25, 0.3) is 0 Å². The predicted octanol–water partition coefficient (Wildman–Crippen LogP) is 0.311. The summed E-state index contributed by atoms with van der Waals surface area (Å²) in [5.41, 5.74) is 0. The van der Waals surface area contributed by atoms with E-state index in [0.717, 1.165) is 12.0 Å². The molecule has 4 unspecified atom stereocenters. The van der Waals surface area contributed by atoms with Gasteiger partial charge in [-0.1, -0.05) is 0 Å². The van der Waals surface area contributed by atoms with Crippen molar-refractivity contribution in [1.29, 1.82) is 0 Å². The third kappa shape index (κ3) is 0.485. The van der Waals surface area contributed by atoms with Gasteiger partial charge in [0.25, 0.3) is 0 Å². The van der Waals surface area contributed by atoms with Crippen LogP contribution in [-0.4, -0.2) is 35.7 Å². The largest absolute Gasteiger partial charge is 0.241 e. The number of nitrogens with zero attached hydrogens (tertiary/aromatic N) is 2. The smallest absolute Gasteiger partial charge is 0.0429 e. The zero-order valence-electron chi connectivity index (χ0n) is 5.58. The molecule has 3 rings (SSSR count). The van der Waals surface area contributed by atoms with Crippen molar-refractivity contribution in [3.63, 3.8) is 0 Å². The molecule has 3 heterocycles. The van der Waals surface area contributed by atoms with Gasteiger partial charge in [-0.05, 0) is 18.8 Å². The highest BCUT2D eigenvalue weighted by molar-refractivity contribution is 5.01. The summed E-state index contributed by atoms with van der Waals surface area (Å²) >= 11 is 0. The van der Waals surface area contributed by atoms with Crippen LogP contribution in [0.5, 0.6) is 0 Å². The molecule has 50 valence electrons. The Bertz CT molecular complexity index is 132. The highest BCUT2D eigenvalue weighted by atomic mass is 15.7. The van der Waals surface area contributed by atoms with Crippen LogP contribution >= 0.6 is 0 Å². The summed E-state index contributed by atoms with van der Waals surface area (Å²) in [5.74, 6) is 1.05. The van der Waals surface area contributed by atoms with Gasteiger partial charge in [0.1, 0.15) is 0 Å². The summed E-state index contributed by atoms with van der Waals surface area (Å²) in [6, 6.07) is 0.993. The van der Waals surface area contributed by atoms with Crippen molar-refractivity contribution in [3.05, 3.63) is 0 Å². The SMILES string of the molecule is C1CC2CN(C1)N1CC21. The second-order valence-corrected chi connectivity index (χ2v) is 3.50. The molecule has 0 aromatic heterocycles. The van der Waals surface area contributed by atoms with Crippen LogP contribution in [0.3, 0.4) is 0 Å². The molecule has 0 aromatic carbocycles. The first kappa shape index (κ1) is 4.69. The van der Waals surface area contributed by atoms with Crippen molar-refractivity contribution in [3.8, 4) is 0 Å². The molecule has 3 fully saturated rings. The van der Waals surface area contributed by atoms with Crippen molar-refractivity contribution in [1.82, 2.24) is 10.0 Å². The van der Waals surface area contributed by atoms with Gasteiger partial charge < -0.3 is 0 Å². The van der Waals surface area contributed by atoms with Crippen LogP contribution in [0.15, 0.2) is 0 Å². The highest BCUT2D eigenvalue weighted by Gasteiger charge is 2.52. The molecule has 2 nitrogen and oxygen atoms in total. The van der Waals surface area contributed by atoms with E-state index in [1.165, 1.54) is 32.5 Å². The minimum absolute atomic E-state index is 0.993. The lowest BCUT2D eigenvalue weighted by Crippen LogP contribution is -2.32. The number of hydrogen-bond acceptors (Lipinski definition) is 2. The van der Waals surface area contributed by atoms with Gasteiger partial charge in [-0.2, -0.15) is 0 Å². The van der Waals surface area contributed by atoms with Gasteiger partial charge in [-0.3, -0.25) is 0 Å². The van der Waals surface area contributed by atoms with Crippen molar-refractivity contribution < 1.29 is 0 Å². The molecule has 0 saturated carbocycles. The van der Waals surface area contributed by atoms with Gasteiger partial charge in [0.2, 0.25) is 0 Å². The molecule has 0 radical (unpaired) electrons. The fourth-order valence-electron chi connectivity index (χ4n) is 2.40. The Morgan fingerprint density at radius 3 is 3.00 bits per heavy atom. The fraction of sp³-hybridized carbons (Fsp3) is 1.00. The number of hydrazine groups is 1. The fourth-order valence-corrected chi connectivity index (χ4v) is 2.40. The Morgan fingerprint density at radius 2 is 2.22 bits per heavy atom. The van der Waals surface area contributed by atoms with Crippen molar-refractivity contribution in [2.75, 3.05) is 19.6 Å². The summed E-state index contributed by atoms with van der Waals surface area (Å²) in [5, 5.41) is 5.08. The second kappa shape index (κ2) is 1.32. The number of piperidine rings is 1. The van der Waals surface area contributed by atoms with Crippen LogP contribution in [0.2, 0.25) is 0 Å². The van der Waals surface area contributed by atoms with E-state index in [2.05, 4.69) is 10.0 Å². The molecule has 3 aliphatic heterocycles. The molecule has 2 bridgehead atoms. The molecule has 3 saturated heterocycles. The minimum Gasteiger partial charge on any atom is -0.241 e. The lowest BCUT2D eigenvalue weighted by molar-refractivity contribution is 0.0981. The summed E-state index contributed by atoms with van der Waals surface area (Å²) in [7, 11) is 0. The van der Waals surface area contributed by atoms with Gasteiger partial charge in [0.05, 0.1) is 0 Å². The molecule has 0 aromatic rings. The van der Waals surface area contributed by atoms with Crippen molar-refractivity contribution in [2.45, 2.75) is 18.9 Å². The normalized spacial score (nSPS) is 61.3. The number of rotatable bonds is 0. The molecular formula is C7H12N2. The van der Waals surface area contributed by atoms with Crippen LogP contribution in [0.4, 0.5) is 0 Å². The average Bonchev–Trinajstić information content (AvgIpc) is 2.62. The third-order valence-electron chi connectivity index (χ3n) is 2.97. The molecule has 0 amide bonds. The Hall–Kier alpha value is -0.0800. The molecule has 0 aliphatic carbocycles. The van der Waals surface area contributed by atoms with Crippen LogP contribution in [-0.2, 0) is 0 Å². The standard InChI is InChI=1S/C7H12N2/c1-2-6-4-8(3-1)9-5-7(6)9/h6-7H,1-5H2. The Labute approximate surface area is 55.4 Å². The zero-order valence-corrected chi connectivity index (χ0v) is 5.58. The van der Waals surface area contributed by atoms with Crippen LogP contribution in [0, 0.1) is 5.92 Å². The van der Waals surface area contributed by atoms with Gasteiger partial charge in [0, 0.05) is 25.7 Å². The van der Waals surface area contributed by atoms with E-state index in [1.807, 2.05) is 0 Å². The second-order valence-electron chi connectivity index (χ2n) is 3.50. The molecule has 0 spiro atoms. The molecular weight excluding hydrogens is 112 g/mol. The van der Waals surface area contributed by atoms with Gasteiger partial charge >= 0.3 is 0 Å². The number of fused-ring (bicyclic) bond motifs is 5. The third-order valence-corrected chi connectivity index (χ3v) is 2.97. The van der Waals surface area contributed by atoms with E-state index >= 15 is 0 Å². The molecule has 2 heteroatoms. The molecule has 0 N–H and O–H groups in total. The molecule has 3 aliphatic rings. The van der Waals surface area contributed by atoms with Crippen molar-refractivity contribution in [2.24, 2.45) is 5.92 Å². The maximum atomic E-state index is 2.54. The first-order valence-electron chi connectivity index (χ1n) is 3.96. The Balaban J connectivity index is 1.92. The van der Waals surface area contributed by atoms with Gasteiger partial charge in [-0.25, -0.2) is 10.0 Å². The first-order chi connectivity index (χ1) is 4.45.